The fourth-order valence-corrected chi connectivity index (χ4v) is 3.51. The van der Waals surface area contributed by atoms with E-state index in [0.29, 0.717) is 25.9 Å². The van der Waals surface area contributed by atoms with Gasteiger partial charge in [-0.3, -0.25) is 4.79 Å². The van der Waals surface area contributed by atoms with Gasteiger partial charge in [0.1, 0.15) is 0 Å². The van der Waals surface area contributed by atoms with Gasteiger partial charge in [0.2, 0.25) is 15.9 Å². The van der Waals surface area contributed by atoms with Gasteiger partial charge in [-0.15, -0.1) is 0 Å². The van der Waals surface area contributed by atoms with Crippen molar-refractivity contribution in [2.75, 3.05) is 13.1 Å². The summed E-state index contributed by atoms with van der Waals surface area (Å²) < 4.78 is 24.1. The van der Waals surface area contributed by atoms with Crippen LogP contribution in [0, 0.1) is 0 Å². The summed E-state index contributed by atoms with van der Waals surface area (Å²) in [7, 11) is -3.40. The van der Waals surface area contributed by atoms with Crippen molar-refractivity contribution < 1.29 is 13.2 Å². The summed E-state index contributed by atoms with van der Waals surface area (Å²) in [5.74, 6) is -0.340. The van der Waals surface area contributed by atoms with Crippen LogP contribution in [0.25, 0.3) is 0 Å². The first-order valence-corrected chi connectivity index (χ1v) is 5.34. The summed E-state index contributed by atoms with van der Waals surface area (Å²) >= 11 is 0. The van der Waals surface area contributed by atoms with Gasteiger partial charge in [0.05, 0.1) is 0 Å². The third-order valence-corrected chi connectivity index (χ3v) is 4.77. The van der Waals surface area contributed by atoms with Gasteiger partial charge in [0.15, 0.2) is 4.75 Å². The Labute approximate surface area is 70.6 Å². The number of rotatable bonds is 0. The zero-order chi connectivity index (χ0) is 8.82. The molecule has 0 bridgehead atoms. The van der Waals surface area contributed by atoms with Crippen LogP contribution in [0.1, 0.15) is 12.8 Å². The number of hydrogen-bond donors (Lipinski definition) is 2. The highest BCUT2D eigenvalue weighted by Crippen LogP contribution is 2.32. The van der Waals surface area contributed by atoms with Crippen molar-refractivity contribution in [2.45, 2.75) is 17.6 Å². The van der Waals surface area contributed by atoms with Crippen molar-refractivity contribution in [1.82, 2.24) is 10.0 Å². The second-order valence-corrected chi connectivity index (χ2v) is 5.22. The molecule has 1 unspecified atom stereocenters. The summed E-state index contributed by atoms with van der Waals surface area (Å²) in [5, 5.41) is 2.55. The first-order chi connectivity index (χ1) is 5.58. The molecule has 1 spiro atoms. The van der Waals surface area contributed by atoms with Gasteiger partial charge in [0.25, 0.3) is 0 Å². The van der Waals surface area contributed by atoms with Gasteiger partial charge in [0, 0.05) is 13.1 Å². The summed E-state index contributed by atoms with van der Waals surface area (Å²) in [6, 6.07) is 0. The van der Waals surface area contributed by atoms with Crippen LogP contribution < -0.4 is 10.0 Å². The zero-order valence-corrected chi connectivity index (χ0v) is 7.28. The number of carbonyl (C=O) groups excluding carboxylic acids is 1. The van der Waals surface area contributed by atoms with Crippen LogP contribution in [0.3, 0.4) is 0 Å². The van der Waals surface area contributed by atoms with E-state index in [0.717, 1.165) is 0 Å². The number of amides is 1. The number of nitrogens with one attached hydrogen (secondary N) is 2. The number of sulfonamides is 1. The topological polar surface area (TPSA) is 75.3 Å². The third kappa shape index (κ3) is 0.763. The molecule has 5 nitrogen and oxygen atoms in total. The van der Waals surface area contributed by atoms with Crippen molar-refractivity contribution in [3.63, 3.8) is 0 Å². The SMILES string of the molecule is O=C1NCCC12CCNS2(=O)=O. The van der Waals surface area contributed by atoms with E-state index >= 15 is 0 Å². The standard InChI is InChI=1S/C6H10N2O3S/c9-5-6(1-3-7-5)2-4-8-12(6,10)11/h8H,1-4H2,(H,7,9). The maximum absolute atomic E-state index is 11.4. The van der Waals surface area contributed by atoms with Crippen molar-refractivity contribution in [3.05, 3.63) is 0 Å². The lowest BCUT2D eigenvalue weighted by molar-refractivity contribution is -0.121. The molecule has 0 saturated carbocycles. The van der Waals surface area contributed by atoms with E-state index in [1.807, 2.05) is 0 Å². The Morgan fingerprint density at radius 2 is 1.92 bits per heavy atom. The smallest absolute Gasteiger partial charge is 0.243 e. The van der Waals surface area contributed by atoms with E-state index in [4.69, 9.17) is 0 Å². The summed E-state index contributed by atoms with van der Waals surface area (Å²) in [4.78, 5) is 11.3. The molecule has 0 aromatic rings. The first kappa shape index (κ1) is 8.00. The molecule has 2 heterocycles. The lowest BCUT2D eigenvalue weighted by atomic mass is 10.0. The molecule has 2 aliphatic heterocycles. The monoisotopic (exact) mass is 190 g/mol. The van der Waals surface area contributed by atoms with Crippen LogP contribution >= 0.6 is 0 Å². The molecule has 0 aliphatic carbocycles. The molecule has 6 heteroatoms. The van der Waals surface area contributed by atoms with E-state index in [2.05, 4.69) is 10.0 Å². The van der Waals surface area contributed by atoms with Gasteiger partial charge < -0.3 is 5.32 Å². The van der Waals surface area contributed by atoms with E-state index in [1.165, 1.54) is 0 Å². The van der Waals surface area contributed by atoms with E-state index in [9.17, 15) is 13.2 Å². The second kappa shape index (κ2) is 2.20. The Kier molecular flexibility index (Phi) is 1.47. The first-order valence-electron chi connectivity index (χ1n) is 3.86. The van der Waals surface area contributed by atoms with Crippen molar-refractivity contribution >= 4 is 15.9 Å². The van der Waals surface area contributed by atoms with Crippen molar-refractivity contribution in [1.29, 1.82) is 0 Å². The van der Waals surface area contributed by atoms with E-state index in [1.54, 1.807) is 0 Å². The van der Waals surface area contributed by atoms with Gasteiger partial charge in [-0.2, -0.15) is 0 Å². The maximum Gasteiger partial charge on any atom is 0.243 e. The van der Waals surface area contributed by atoms with Gasteiger partial charge in [-0.1, -0.05) is 0 Å². The molecule has 0 aromatic heterocycles. The van der Waals surface area contributed by atoms with Crippen LogP contribution in [-0.4, -0.2) is 32.2 Å². The molecule has 2 aliphatic rings. The Balaban J connectivity index is 2.49. The van der Waals surface area contributed by atoms with Crippen LogP contribution in [0.2, 0.25) is 0 Å². The molecule has 2 rings (SSSR count). The Morgan fingerprint density at radius 3 is 2.33 bits per heavy atom. The maximum atomic E-state index is 11.4. The lowest BCUT2D eigenvalue weighted by Gasteiger charge is -2.16. The van der Waals surface area contributed by atoms with Crippen LogP contribution in [0.4, 0.5) is 0 Å². The number of carbonyl (C=O) groups is 1. The summed E-state index contributed by atoms with van der Waals surface area (Å²) in [6.07, 6.45) is 0.808. The molecule has 2 saturated heterocycles. The van der Waals surface area contributed by atoms with Crippen LogP contribution in [0.5, 0.6) is 0 Å². The lowest BCUT2D eigenvalue weighted by Crippen LogP contribution is -2.44. The van der Waals surface area contributed by atoms with Gasteiger partial charge in [-0.05, 0) is 12.8 Å². The quantitative estimate of drug-likeness (QED) is 0.491. The van der Waals surface area contributed by atoms with Crippen molar-refractivity contribution in [3.8, 4) is 0 Å². The highest BCUT2D eigenvalue weighted by Gasteiger charge is 2.56. The molecule has 2 N–H and O–H groups in total. The largest absolute Gasteiger partial charge is 0.355 e. The van der Waals surface area contributed by atoms with Crippen molar-refractivity contribution in [2.24, 2.45) is 0 Å². The molecule has 1 atom stereocenters. The normalized spacial score (nSPS) is 38.8. The predicted octanol–water partition coefficient (Wildman–Crippen LogP) is -1.43. The van der Waals surface area contributed by atoms with Gasteiger partial charge >= 0.3 is 0 Å². The molecule has 68 valence electrons. The highest BCUT2D eigenvalue weighted by atomic mass is 32.2. The molecular weight excluding hydrogens is 180 g/mol. The number of hydrogen-bond acceptors (Lipinski definition) is 3. The minimum absolute atomic E-state index is 0.340. The average Bonchev–Trinajstić information content (AvgIpc) is 2.45. The Morgan fingerprint density at radius 1 is 1.25 bits per heavy atom. The molecule has 0 radical (unpaired) electrons. The molecule has 2 fully saturated rings. The third-order valence-electron chi connectivity index (χ3n) is 2.56. The summed E-state index contributed by atoms with van der Waals surface area (Å²) in [6.45, 7) is 0.857. The fraction of sp³-hybridized carbons (Fsp3) is 0.833. The minimum Gasteiger partial charge on any atom is -0.355 e. The molecular formula is C6H10N2O3S. The Bertz CT molecular complexity index is 320. The zero-order valence-electron chi connectivity index (χ0n) is 6.46. The fourth-order valence-electron chi connectivity index (χ4n) is 1.81. The van der Waals surface area contributed by atoms with Gasteiger partial charge in [-0.25, -0.2) is 13.1 Å². The van der Waals surface area contributed by atoms with Crippen LogP contribution in [-0.2, 0) is 14.8 Å². The Hall–Kier alpha value is -0.620. The van der Waals surface area contributed by atoms with E-state index < -0.39 is 14.8 Å². The predicted molar refractivity (Wildman–Crippen MR) is 41.9 cm³/mol. The minimum atomic E-state index is -3.40. The van der Waals surface area contributed by atoms with Crippen LogP contribution in [0.15, 0.2) is 0 Å². The highest BCUT2D eigenvalue weighted by molar-refractivity contribution is 7.92. The molecule has 0 aromatic carbocycles. The molecule has 1 amide bonds. The summed E-state index contributed by atoms with van der Waals surface area (Å²) in [5.41, 5.74) is 0. The second-order valence-electron chi connectivity index (χ2n) is 3.15. The molecule has 12 heavy (non-hydrogen) atoms. The average molecular weight is 190 g/mol. The van der Waals surface area contributed by atoms with E-state index in [-0.39, 0.29) is 5.91 Å².